The van der Waals surface area contributed by atoms with Crippen molar-refractivity contribution in [2.75, 3.05) is 0 Å². The fraction of sp³-hybridized carbons (Fsp3) is 0.500. The molecule has 2 amide bonds. The van der Waals surface area contributed by atoms with Crippen LogP contribution in [0.2, 0.25) is 10.0 Å². The summed E-state index contributed by atoms with van der Waals surface area (Å²) in [5.41, 5.74) is 0.896. The molecule has 2 atom stereocenters. The highest BCUT2D eigenvalue weighted by molar-refractivity contribution is 6.34. The second-order valence-electron chi connectivity index (χ2n) is 6.00. The lowest BCUT2D eigenvalue weighted by molar-refractivity contribution is -0.138. The van der Waals surface area contributed by atoms with Crippen molar-refractivity contribution in [3.05, 3.63) is 33.8 Å². The molecule has 1 heterocycles. The van der Waals surface area contributed by atoms with E-state index in [4.69, 9.17) is 23.2 Å². The van der Waals surface area contributed by atoms with Gasteiger partial charge in [-0.05, 0) is 42.5 Å². The van der Waals surface area contributed by atoms with Crippen molar-refractivity contribution in [1.29, 1.82) is 0 Å². The first-order chi connectivity index (χ1) is 10.0. The van der Waals surface area contributed by atoms with Crippen molar-refractivity contribution in [2.24, 2.45) is 11.8 Å². The van der Waals surface area contributed by atoms with Crippen LogP contribution in [0.5, 0.6) is 0 Å². The average molecular weight is 326 g/mol. The van der Waals surface area contributed by atoms with Gasteiger partial charge in [-0.15, -0.1) is 0 Å². The van der Waals surface area contributed by atoms with Gasteiger partial charge >= 0.3 is 0 Å². The minimum absolute atomic E-state index is 0.120. The molecule has 0 bridgehead atoms. The first kappa shape index (κ1) is 14.9. The number of amides is 2. The van der Waals surface area contributed by atoms with E-state index in [0.29, 0.717) is 22.4 Å². The van der Waals surface area contributed by atoms with Crippen LogP contribution < -0.4 is 5.32 Å². The summed E-state index contributed by atoms with van der Waals surface area (Å²) in [5.74, 6) is -0.277. The zero-order valence-electron chi connectivity index (χ0n) is 11.6. The van der Waals surface area contributed by atoms with Crippen molar-refractivity contribution in [3.8, 4) is 0 Å². The normalized spacial score (nSPS) is 27.0. The van der Waals surface area contributed by atoms with E-state index in [9.17, 15) is 9.59 Å². The number of hydrogen-bond acceptors (Lipinski definition) is 2. The largest absolute Gasteiger partial charge is 0.296 e. The molecule has 0 radical (unpaired) electrons. The molecule has 3 nitrogen and oxygen atoms in total. The van der Waals surface area contributed by atoms with Gasteiger partial charge in [0.25, 0.3) is 0 Å². The molecule has 0 aromatic heterocycles. The molecule has 21 heavy (non-hydrogen) atoms. The molecule has 1 aromatic rings. The predicted molar refractivity (Wildman–Crippen MR) is 82.4 cm³/mol. The molecule has 1 saturated carbocycles. The number of imide groups is 1. The van der Waals surface area contributed by atoms with Crippen LogP contribution in [0.15, 0.2) is 18.2 Å². The molecule has 1 N–H and O–H groups in total. The van der Waals surface area contributed by atoms with Crippen LogP contribution >= 0.6 is 23.2 Å². The fourth-order valence-electron chi connectivity index (χ4n) is 3.75. The Morgan fingerprint density at radius 3 is 2.24 bits per heavy atom. The van der Waals surface area contributed by atoms with Crippen LogP contribution in [0.25, 0.3) is 0 Å². The minimum Gasteiger partial charge on any atom is -0.296 e. The van der Waals surface area contributed by atoms with Gasteiger partial charge in [-0.1, -0.05) is 36.0 Å². The topological polar surface area (TPSA) is 46.2 Å². The van der Waals surface area contributed by atoms with E-state index in [1.807, 2.05) is 12.1 Å². The Morgan fingerprint density at radius 2 is 1.62 bits per heavy atom. The molecule has 2 fully saturated rings. The first-order valence-electron chi connectivity index (χ1n) is 7.34. The number of carbonyl (C=O) groups excluding carboxylic acids is 2. The smallest absolute Gasteiger partial charge is 0.230 e. The number of rotatable bonds is 2. The monoisotopic (exact) mass is 325 g/mol. The highest BCUT2D eigenvalue weighted by Crippen LogP contribution is 2.43. The third-order valence-electron chi connectivity index (χ3n) is 4.62. The van der Waals surface area contributed by atoms with Gasteiger partial charge in [-0.25, -0.2) is 0 Å². The number of carbonyl (C=O) groups is 2. The van der Waals surface area contributed by atoms with Crippen LogP contribution in [-0.2, 0) is 9.59 Å². The quantitative estimate of drug-likeness (QED) is 0.837. The number of benzene rings is 1. The Bertz CT molecular complexity index is 561. The Hall–Kier alpha value is -1.06. The van der Waals surface area contributed by atoms with Gasteiger partial charge in [0.05, 0.1) is 0 Å². The Morgan fingerprint density at radius 1 is 1.00 bits per heavy atom. The van der Waals surface area contributed by atoms with E-state index < -0.39 is 0 Å². The van der Waals surface area contributed by atoms with Crippen LogP contribution in [0.4, 0.5) is 0 Å². The SMILES string of the molecule is O=C1CC(c2cc(Cl)cc(Cl)c2)C(C2CCCC2)C(=O)N1. The molecular formula is C16H17Cl2NO2. The second-order valence-corrected chi connectivity index (χ2v) is 6.87. The van der Waals surface area contributed by atoms with Crippen LogP contribution in [0, 0.1) is 11.8 Å². The maximum absolute atomic E-state index is 12.3. The third kappa shape index (κ3) is 3.09. The minimum atomic E-state index is -0.213. The van der Waals surface area contributed by atoms with Crippen LogP contribution in [0.1, 0.15) is 43.6 Å². The molecular weight excluding hydrogens is 309 g/mol. The summed E-state index contributed by atoms with van der Waals surface area (Å²) in [7, 11) is 0. The summed E-state index contributed by atoms with van der Waals surface area (Å²) in [6.07, 6.45) is 4.74. The molecule has 1 aliphatic heterocycles. The van der Waals surface area contributed by atoms with Gasteiger partial charge < -0.3 is 0 Å². The number of hydrogen-bond donors (Lipinski definition) is 1. The molecule has 5 heteroatoms. The maximum atomic E-state index is 12.3. The van der Waals surface area contributed by atoms with Crippen molar-refractivity contribution < 1.29 is 9.59 Å². The van der Waals surface area contributed by atoms with E-state index in [-0.39, 0.29) is 23.7 Å². The molecule has 3 rings (SSSR count). The van der Waals surface area contributed by atoms with E-state index in [1.54, 1.807) is 6.07 Å². The van der Waals surface area contributed by atoms with E-state index >= 15 is 0 Å². The Balaban J connectivity index is 1.97. The highest BCUT2D eigenvalue weighted by Gasteiger charge is 2.42. The zero-order valence-corrected chi connectivity index (χ0v) is 13.1. The fourth-order valence-corrected chi connectivity index (χ4v) is 4.30. The lowest BCUT2D eigenvalue weighted by Crippen LogP contribution is -2.47. The third-order valence-corrected chi connectivity index (χ3v) is 5.06. The Labute approximate surface area is 134 Å². The maximum Gasteiger partial charge on any atom is 0.230 e. The molecule has 1 aliphatic carbocycles. The number of halogens is 2. The lowest BCUT2D eigenvalue weighted by Gasteiger charge is -2.34. The van der Waals surface area contributed by atoms with Crippen molar-refractivity contribution in [3.63, 3.8) is 0 Å². The Kier molecular flexibility index (Phi) is 4.23. The van der Waals surface area contributed by atoms with E-state index in [1.165, 1.54) is 0 Å². The molecule has 112 valence electrons. The molecule has 1 saturated heterocycles. The van der Waals surface area contributed by atoms with Gasteiger partial charge in [-0.3, -0.25) is 14.9 Å². The number of nitrogens with one attached hydrogen (secondary N) is 1. The summed E-state index contributed by atoms with van der Waals surface area (Å²) in [5, 5.41) is 3.58. The van der Waals surface area contributed by atoms with Gasteiger partial charge in [0, 0.05) is 28.3 Å². The van der Waals surface area contributed by atoms with Crippen LogP contribution in [-0.4, -0.2) is 11.8 Å². The van der Waals surface area contributed by atoms with E-state index in [0.717, 1.165) is 31.2 Å². The molecule has 1 aromatic carbocycles. The second kappa shape index (κ2) is 5.98. The number of piperidine rings is 1. The van der Waals surface area contributed by atoms with Gasteiger partial charge in [0.1, 0.15) is 0 Å². The van der Waals surface area contributed by atoms with E-state index in [2.05, 4.69) is 5.32 Å². The summed E-state index contributed by atoms with van der Waals surface area (Å²) in [4.78, 5) is 24.1. The summed E-state index contributed by atoms with van der Waals surface area (Å²) >= 11 is 12.2. The van der Waals surface area contributed by atoms with Crippen LogP contribution in [0.3, 0.4) is 0 Å². The summed E-state index contributed by atoms with van der Waals surface area (Å²) < 4.78 is 0. The first-order valence-corrected chi connectivity index (χ1v) is 8.10. The van der Waals surface area contributed by atoms with Gasteiger partial charge in [-0.2, -0.15) is 0 Å². The molecule has 2 aliphatic rings. The molecule has 0 spiro atoms. The van der Waals surface area contributed by atoms with Gasteiger partial charge in [0.15, 0.2) is 0 Å². The highest BCUT2D eigenvalue weighted by atomic mass is 35.5. The van der Waals surface area contributed by atoms with Gasteiger partial charge in [0.2, 0.25) is 11.8 Å². The van der Waals surface area contributed by atoms with Crippen molar-refractivity contribution in [2.45, 2.75) is 38.0 Å². The summed E-state index contributed by atoms with van der Waals surface area (Å²) in [6.45, 7) is 0. The van der Waals surface area contributed by atoms with Crippen molar-refractivity contribution >= 4 is 35.0 Å². The lowest BCUT2D eigenvalue weighted by atomic mass is 9.73. The average Bonchev–Trinajstić information content (AvgIpc) is 2.90. The van der Waals surface area contributed by atoms with Crippen molar-refractivity contribution in [1.82, 2.24) is 5.32 Å². The molecule has 2 unspecified atom stereocenters. The zero-order chi connectivity index (χ0) is 15.0. The summed E-state index contributed by atoms with van der Waals surface area (Å²) in [6, 6.07) is 5.32. The predicted octanol–water partition coefficient (Wildman–Crippen LogP) is 3.93. The standard InChI is InChI=1S/C16H17Cl2NO2/c17-11-5-10(6-12(18)7-11)13-8-14(20)19-16(21)15(13)9-3-1-2-4-9/h5-7,9,13,15H,1-4,8H2,(H,19,20,21).